The first-order valence-electron chi connectivity index (χ1n) is 5.59. The molecule has 3 nitrogen and oxygen atoms in total. The molecule has 18 heavy (non-hydrogen) atoms. The Kier molecular flexibility index (Phi) is 2.45. The number of pyridine rings is 1. The smallest absolute Gasteiger partial charge is 0.142 e. The Balaban J connectivity index is 2.61. The van der Waals surface area contributed by atoms with Gasteiger partial charge in [0.15, 0.2) is 0 Å². The number of hydrogen-bond acceptors (Lipinski definition) is 3. The summed E-state index contributed by atoms with van der Waals surface area (Å²) in [5.41, 5.74) is 8.42. The van der Waals surface area contributed by atoms with Gasteiger partial charge in [0, 0.05) is 10.8 Å². The van der Waals surface area contributed by atoms with Crippen molar-refractivity contribution < 1.29 is 4.74 Å². The molecule has 2 aromatic carbocycles. The first kappa shape index (κ1) is 11.0. The monoisotopic (exact) mass is 256 g/mol. The fraction of sp³-hybridized carbons (Fsp3) is 0.0714. The standard InChI is InChI=1S/C14H12N2OS/c1-17-11-7-3-5-9-13(11)16-12-8(14(9)18)4-2-6-10(12)15/h2-7H,15H2,1H3,(H,16,18). The van der Waals surface area contributed by atoms with Crippen LogP contribution in [0, 0.1) is 4.51 Å². The number of H-pyrrole nitrogens is 1. The molecule has 3 rings (SSSR count). The molecule has 0 radical (unpaired) electrons. The topological polar surface area (TPSA) is 51.0 Å². The molecule has 0 aliphatic heterocycles. The van der Waals surface area contributed by atoms with Crippen LogP contribution in [0.3, 0.4) is 0 Å². The van der Waals surface area contributed by atoms with E-state index in [0.717, 1.165) is 32.1 Å². The summed E-state index contributed by atoms with van der Waals surface area (Å²) in [6, 6.07) is 11.6. The minimum atomic E-state index is 0.686. The highest BCUT2D eigenvalue weighted by Crippen LogP contribution is 2.30. The summed E-state index contributed by atoms with van der Waals surface area (Å²) in [5.74, 6) is 0.767. The number of nitrogen functional groups attached to an aromatic ring is 1. The lowest BCUT2D eigenvalue weighted by Gasteiger charge is -2.09. The number of nitrogens with two attached hydrogens (primary N) is 1. The Bertz CT molecular complexity index is 808. The summed E-state index contributed by atoms with van der Waals surface area (Å²) in [5, 5.41) is 1.94. The number of benzene rings is 2. The Morgan fingerprint density at radius 3 is 2.44 bits per heavy atom. The Morgan fingerprint density at radius 1 is 1.06 bits per heavy atom. The molecular formula is C14H12N2OS. The van der Waals surface area contributed by atoms with Gasteiger partial charge in [-0.05, 0) is 12.1 Å². The number of hydrogen-bond donors (Lipinski definition) is 2. The number of rotatable bonds is 1. The Hall–Kier alpha value is -2.07. The van der Waals surface area contributed by atoms with E-state index in [-0.39, 0.29) is 0 Å². The number of aromatic amines is 1. The van der Waals surface area contributed by atoms with Crippen molar-refractivity contribution >= 4 is 39.7 Å². The summed E-state index contributed by atoms with van der Waals surface area (Å²) >= 11 is 5.53. The van der Waals surface area contributed by atoms with Crippen LogP contribution in [0.15, 0.2) is 36.4 Å². The summed E-state index contributed by atoms with van der Waals surface area (Å²) in [6.07, 6.45) is 0. The van der Waals surface area contributed by atoms with Gasteiger partial charge < -0.3 is 15.5 Å². The number of nitrogens with one attached hydrogen (secondary N) is 1. The van der Waals surface area contributed by atoms with Crippen LogP contribution in [-0.4, -0.2) is 12.1 Å². The zero-order chi connectivity index (χ0) is 12.7. The molecule has 1 aromatic heterocycles. The first-order chi connectivity index (χ1) is 8.72. The van der Waals surface area contributed by atoms with Gasteiger partial charge in [-0.2, -0.15) is 0 Å². The third-order valence-corrected chi connectivity index (χ3v) is 3.52. The molecule has 0 aliphatic carbocycles. The zero-order valence-corrected chi connectivity index (χ0v) is 10.7. The Morgan fingerprint density at radius 2 is 1.72 bits per heavy atom. The molecule has 0 fully saturated rings. The molecular weight excluding hydrogens is 244 g/mol. The van der Waals surface area contributed by atoms with Crippen LogP contribution in [-0.2, 0) is 0 Å². The van der Waals surface area contributed by atoms with Crippen molar-refractivity contribution in [3.05, 3.63) is 40.9 Å². The molecule has 90 valence electrons. The van der Waals surface area contributed by atoms with Crippen molar-refractivity contribution in [3.8, 4) is 5.75 Å². The summed E-state index contributed by atoms with van der Waals surface area (Å²) in [6.45, 7) is 0. The second-order valence-corrected chi connectivity index (χ2v) is 4.52. The van der Waals surface area contributed by atoms with Crippen LogP contribution < -0.4 is 10.5 Å². The number of anilines is 1. The maximum atomic E-state index is 5.99. The average molecular weight is 256 g/mol. The number of ether oxygens (including phenoxy) is 1. The fourth-order valence-electron chi connectivity index (χ4n) is 2.19. The van der Waals surface area contributed by atoms with Crippen LogP contribution in [0.4, 0.5) is 5.69 Å². The Labute approximate surface area is 109 Å². The van der Waals surface area contributed by atoms with E-state index >= 15 is 0 Å². The molecule has 0 bridgehead atoms. The zero-order valence-electron chi connectivity index (χ0n) is 9.86. The first-order valence-corrected chi connectivity index (χ1v) is 6.00. The average Bonchev–Trinajstić information content (AvgIpc) is 2.40. The quantitative estimate of drug-likeness (QED) is 0.397. The van der Waals surface area contributed by atoms with Gasteiger partial charge in [0.1, 0.15) is 5.75 Å². The van der Waals surface area contributed by atoms with Gasteiger partial charge >= 0.3 is 0 Å². The van der Waals surface area contributed by atoms with Gasteiger partial charge in [0.25, 0.3) is 0 Å². The van der Waals surface area contributed by atoms with E-state index in [1.165, 1.54) is 0 Å². The summed E-state index contributed by atoms with van der Waals surface area (Å²) < 4.78 is 6.15. The molecule has 0 unspecified atom stereocenters. The molecule has 0 spiro atoms. The lowest BCUT2D eigenvalue weighted by atomic mass is 10.1. The van der Waals surface area contributed by atoms with Gasteiger partial charge in [0.05, 0.1) is 28.3 Å². The van der Waals surface area contributed by atoms with E-state index < -0.39 is 0 Å². The molecule has 3 N–H and O–H groups in total. The minimum Gasteiger partial charge on any atom is -0.495 e. The number of methoxy groups -OCH3 is 1. The second-order valence-electron chi connectivity index (χ2n) is 4.11. The lowest BCUT2D eigenvalue weighted by molar-refractivity contribution is 0.419. The third kappa shape index (κ3) is 1.46. The normalized spacial score (nSPS) is 10.9. The highest BCUT2D eigenvalue weighted by molar-refractivity contribution is 7.72. The molecule has 0 atom stereocenters. The van der Waals surface area contributed by atoms with Crippen LogP contribution in [0.5, 0.6) is 5.75 Å². The van der Waals surface area contributed by atoms with Crippen molar-refractivity contribution in [2.75, 3.05) is 12.8 Å². The molecule has 0 amide bonds. The fourth-order valence-corrected chi connectivity index (χ4v) is 2.53. The van der Waals surface area contributed by atoms with E-state index in [2.05, 4.69) is 4.98 Å². The van der Waals surface area contributed by atoms with Gasteiger partial charge in [-0.1, -0.05) is 36.5 Å². The maximum absolute atomic E-state index is 5.99. The largest absolute Gasteiger partial charge is 0.495 e. The van der Waals surface area contributed by atoms with Crippen LogP contribution in [0.2, 0.25) is 0 Å². The lowest BCUT2D eigenvalue weighted by Crippen LogP contribution is -1.93. The van der Waals surface area contributed by atoms with Gasteiger partial charge in [0.2, 0.25) is 0 Å². The summed E-state index contributed by atoms with van der Waals surface area (Å²) in [7, 11) is 1.64. The predicted molar refractivity (Wildman–Crippen MR) is 77.6 cm³/mol. The van der Waals surface area contributed by atoms with Crippen molar-refractivity contribution in [2.24, 2.45) is 0 Å². The van der Waals surface area contributed by atoms with Gasteiger partial charge in [-0.3, -0.25) is 0 Å². The molecule has 3 aromatic rings. The third-order valence-electron chi connectivity index (χ3n) is 3.08. The molecule has 0 aliphatic rings. The number of aromatic nitrogens is 1. The molecule has 0 saturated carbocycles. The second kappa shape index (κ2) is 3.99. The van der Waals surface area contributed by atoms with Crippen LogP contribution in [0.1, 0.15) is 0 Å². The van der Waals surface area contributed by atoms with Gasteiger partial charge in [-0.15, -0.1) is 0 Å². The predicted octanol–water partition coefficient (Wildman–Crippen LogP) is 3.64. The maximum Gasteiger partial charge on any atom is 0.142 e. The van der Waals surface area contributed by atoms with Crippen molar-refractivity contribution in [3.63, 3.8) is 0 Å². The van der Waals surface area contributed by atoms with E-state index in [4.69, 9.17) is 22.7 Å². The van der Waals surface area contributed by atoms with Crippen LogP contribution >= 0.6 is 12.2 Å². The van der Waals surface area contributed by atoms with Gasteiger partial charge in [-0.25, -0.2) is 0 Å². The van der Waals surface area contributed by atoms with E-state index in [0.29, 0.717) is 5.69 Å². The van der Waals surface area contributed by atoms with Crippen molar-refractivity contribution in [1.29, 1.82) is 0 Å². The van der Waals surface area contributed by atoms with E-state index in [9.17, 15) is 0 Å². The summed E-state index contributed by atoms with van der Waals surface area (Å²) in [4.78, 5) is 3.32. The minimum absolute atomic E-state index is 0.686. The van der Waals surface area contributed by atoms with E-state index in [1.54, 1.807) is 7.11 Å². The van der Waals surface area contributed by atoms with Crippen LogP contribution in [0.25, 0.3) is 21.8 Å². The SMILES string of the molecule is COc1cccc2c(=S)c3cccc(N)c3[nH]c12. The van der Waals surface area contributed by atoms with E-state index in [1.807, 2.05) is 36.4 Å². The van der Waals surface area contributed by atoms with Crippen molar-refractivity contribution in [2.45, 2.75) is 0 Å². The number of para-hydroxylation sites is 2. The molecule has 1 heterocycles. The highest BCUT2D eigenvalue weighted by Gasteiger charge is 2.07. The number of fused-ring (bicyclic) bond motifs is 2. The van der Waals surface area contributed by atoms with Crippen molar-refractivity contribution in [1.82, 2.24) is 4.98 Å². The molecule has 4 heteroatoms. The highest BCUT2D eigenvalue weighted by atomic mass is 32.1. The molecule has 0 saturated heterocycles.